The number of methoxy groups -OCH3 is 2. The predicted molar refractivity (Wildman–Crippen MR) is 118 cm³/mol. The van der Waals surface area contributed by atoms with Crippen LogP contribution < -0.4 is 14.8 Å². The summed E-state index contributed by atoms with van der Waals surface area (Å²) >= 11 is 0. The second kappa shape index (κ2) is 9.32. The fourth-order valence-electron chi connectivity index (χ4n) is 3.20. The standard InChI is InChI=1S/C24H23N3O4/c1-29-15-17-6-8-18(9-7-17)24(28)26-19-10-11-21(30-2)22(13-19)31-16-20-14-27-12-4-3-5-23(27)25-20/h3-14H,15-16H2,1-2H3,(H,26,28). The maximum atomic E-state index is 12.6. The monoisotopic (exact) mass is 417 g/mol. The number of carbonyl (C=O) groups is 1. The highest BCUT2D eigenvalue weighted by atomic mass is 16.5. The molecule has 0 spiro atoms. The number of hydrogen-bond acceptors (Lipinski definition) is 5. The van der Waals surface area contributed by atoms with Gasteiger partial charge in [-0.1, -0.05) is 18.2 Å². The van der Waals surface area contributed by atoms with Gasteiger partial charge in [-0.3, -0.25) is 4.79 Å². The lowest BCUT2D eigenvalue weighted by Crippen LogP contribution is -2.12. The first-order valence-electron chi connectivity index (χ1n) is 9.79. The second-order valence-electron chi connectivity index (χ2n) is 6.94. The number of amides is 1. The molecule has 1 N–H and O–H groups in total. The van der Waals surface area contributed by atoms with E-state index in [1.165, 1.54) is 0 Å². The van der Waals surface area contributed by atoms with Crippen LogP contribution in [0, 0.1) is 0 Å². The molecule has 0 saturated heterocycles. The fourth-order valence-corrected chi connectivity index (χ4v) is 3.20. The van der Waals surface area contributed by atoms with Crippen molar-refractivity contribution in [3.05, 3.63) is 89.9 Å². The maximum absolute atomic E-state index is 12.6. The van der Waals surface area contributed by atoms with Gasteiger partial charge in [0.05, 0.1) is 19.4 Å². The van der Waals surface area contributed by atoms with Crippen molar-refractivity contribution < 1.29 is 19.0 Å². The van der Waals surface area contributed by atoms with E-state index in [1.807, 2.05) is 47.1 Å². The molecule has 0 aliphatic carbocycles. The van der Waals surface area contributed by atoms with Crippen LogP contribution in [0.4, 0.5) is 5.69 Å². The summed E-state index contributed by atoms with van der Waals surface area (Å²) in [4.78, 5) is 17.1. The van der Waals surface area contributed by atoms with E-state index >= 15 is 0 Å². The third-order valence-corrected chi connectivity index (χ3v) is 4.74. The number of carbonyl (C=O) groups excluding carboxylic acids is 1. The van der Waals surface area contributed by atoms with Gasteiger partial charge in [0.15, 0.2) is 11.5 Å². The zero-order valence-electron chi connectivity index (χ0n) is 17.4. The van der Waals surface area contributed by atoms with Gasteiger partial charge in [0, 0.05) is 36.8 Å². The normalized spacial score (nSPS) is 10.8. The lowest BCUT2D eigenvalue weighted by molar-refractivity contribution is 0.102. The molecule has 7 nitrogen and oxygen atoms in total. The number of nitrogens with one attached hydrogen (secondary N) is 1. The number of benzene rings is 2. The largest absolute Gasteiger partial charge is 0.493 e. The molecule has 158 valence electrons. The number of anilines is 1. The van der Waals surface area contributed by atoms with Crippen molar-refractivity contribution in [1.29, 1.82) is 0 Å². The smallest absolute Gasteiger partial charge is 0.255 e. The van der Waals surface area contributed by atoms with Crippen molar-refractivity contribution in [2.75, 3.05) is 19.5 Å². The maximum Gasteiger partial charge on any atom is 0.255 e. The Morgan fingerprint density at radius 2 is 1.84 bits per heavy atom. The van der Waals surface area contributed by atoms with Gasteiger partial charge in [0.25, 0.3) is 5.91 Å². The van der Waals surface area contributed by atoms with Crippen molar-refractivity contribution in [1.82, 2.24) is 9.38 Å². The number of ether oxygens (including phenoxy) is 3. The van der Waals surface area contributed by atoms with Crippen LogP contribution >= 0.6 is 0 Å². The van der Waals surface area contributed by atoms with E-state index in [-0.39, 0.29) is 12.5 Å². The Morgan fingerprint density at radius 1 is 1.00 bits per heavy atom. The quantitative estimate of drug-likeness (QED) is 0.462. The highest BCUT2D eigenvalue weighted by molar-refractivity contribution is 6.04. The zero-order chi connectivity index (χ0) is 21.6. The van der Waals surface area contributed by atoms with E-state index in [9.17, 15) is 4.79 Å². The van der Waals surface area contributed by atoms with Gasteiger partial charge >= 0.3 is 0 Å². The molecule has 0 atom stereocenters. The summed E-state index contributed by atoms with van der Waals surface area (Å²) < 4.78 is 18.4. The van der Waals surface area contributed by atoms with Crippen molar-refractivity contribution in [2.24, 2.45) is 0 Å². The van der Waals surface area contributed by atoms with E-state index in [4.69, 9.17) is 14.2 Å². The van der Waals surface area contributed by atoms with Crippen molar-refractivity contribution in [3.8, 4) is 11.5 Å². The van der Waals surface area contributed by atoms with Gasteiger partial charge in [0.1, 0.15) is 12.3 Å². The van der Waals surface area contributed by atoms with Crippen LogP contribution in [0.2, 0.25) is 0 Å². The van der Waals surface area contributed by atoms with Crippen LogP contribution in [0.15, 0.2) is 73.1 Å². The Balaban J connectivity index is 1.46. The molecular weight excluding hydrogens is 394 g/mol. The molecule has 7 heteroatoms. The lowest BCUT2D eigenvalue weighted by Gasteiger charge is -2.12. The average molecular weight is 417 g/mol. The van der Waals surface area contributed by atoms with Crippen LogP contribution in [0.5, 0.6) is 11.5 Å². The highest BCUT2D eigenvalue weighted by Gasteiger charge is 2.11. The molecule has 0 aliphatic rings. The van der Waals surface area contributed by atoms with Crippen molar-refractivity contribution in [3.63, 3.8) is 0 Å². The number of pyridine rings is 1. The van der Waals surface area contributed by atoms with Gasteiger partial charge in [0.2, 0.25) is 0 Å². The molecule has 0 aliphatic heterocycles. The number of hydrogen-bond donors (Lipinski definition) is 1. The first-order valence-corrected chi connectivity index (χ1v) is 9.79. The molecule has 2 aromatic heterocycles. The Hall–Kier alpha value is -3.84. The zero-order valence-corrected chi connectivity index (χ0v) is 17.4. The van der Waals surface area contributed by atoms with Gasteiger partial charge in [-0.05, 0) is 42.0 Å². The Labute approximate surface area is 180 Å². The molecule has 0 fully saturated rings. The van der Waals surface area contributed by atoms with Crippen LogP contribution in [0.25, 0.3) is 5.65 Å². The van der Waals surface area contributed by atoms with Crippen LogP contribution in [-0.2, 0) is 18.0 Å². The van der Waals surface area contributed by atoms with Crippen LogP contribution in [0.3, 0.4) is 0 Å². The molecule has 0 unspecified atom stereocenters. The number of rotatable bonds is 8. The Bertz CT molecular complexity index is 1150. The second-order valence-corrected chi connectivity index (χ2v) is 6.94. The molecule has 1 amide bonds. The van der Waals surface area contributed by atoms with E-state index in [2.05, 4.69) is 10.3 Å². The minimum atomic E-state index is -0.208. The van der Waals surface area contributed by atoms with Crippen molar-refractivity contribution >= 4 is 17.2 Å². The summed E-state index contributed by atoms with van der Waals surface area (Å²) in [5, 5.41) is 2.90. The summed E-state index contributed by atoms with van der Waals surface area (Å²) in [6.45, 7) is 0.782. The fraction of sp³-hybridized carbons (Fsp3) is 0.167. The molecular formula is C24H23N3O4. The van der Waals surface area contributed by atoms with Crippen LogP contribution in [-0.4, -0.2) is 29.5 Å². The minimum Gasteiger partial charge on any atom is -0.493 e. The molecule has 2 aromatic carbocycles. The molecule has 0 bridgehead atoms. The summed E-state index contributed by atoms with van der Waals surface area (Å²) in [6, 6.07) is 18.4. The summed E-state index contributed by atoms with van der Waals surface area (Å²) in [5.74, 6) is 0.888. The lowest BCUT2D eigenvalue weighted by atomic mass is 10.1. The first-order chi connectivity index (χ1) is 15.2. The predicted octanol–water partition coefficient (Wildman–Crippen LogP) is 4.32. The summed E-state index contributed by atoms with van der Waals surface area (Å²) in [7, 11) is 3.21. The summed E-state index contributed by atoms with van der Waals surface area (Å²) in [5.41, 5.74) is 3.81. The first kappa shape index (κ1) is 20.4. The Kier molecular flexibility index (Phi) is 6.14. The molecule has 4 rings (SSSR count). The average Bonchev–Trinajstić information content (AvgIpc) is 3.21. The topological polar surface area (TPSA) is 74.1 Å². The third kappa shape index (κ3) is 4.84. The number of nitrogens with zero attached hydrogens (tertiary/aromatic N) is 2. The van der Waals surface area contributed by atoms with Gasteiger partial charge in [-0.15, -0.1) is 0 Å². The Morgan fingerprint density at radius 3 is 2.58 bits per heavy atom. The third-order valence-electron chi connectivity index (χ3n) is 4.74. The highest BCUT2D eigenvalue weighted by Crippen LogP contribution is 2.31. The molecule has 0 saturated carbocycles. The number of aromatic nitrogens is 2. The van der Waals surface area contributed by atoms with E-state index < -0.39 is 0 Å². The molecule has 2 heterocycles. The SMILES string of the molecule is COCc1ccc(C(=O)Nc2ccc(OC)c(OCc3cn4ccccc4n3)c2)cc1. The number of fused-ring (bicyclic) bond motifs is 1. The molecule has 4 aromatic rings. The van der Waals surface area contributed by atoms with E-state index in [0.29, 0.717) is 29.4 Å². The molecule has 0 radical (unpaired) electrons. The van der Waals surface area contributed by atoms with E-state index in [1.54, 1.807) is 44.6 Å². The molecule has 31 heavy (non-hydrogen) atoms. The van der Waals surface area contributed by atoms with Gasteiger partial charge in [-0.25, -0.2) is 4.98 Å². The van der Waals surface area contributed by atoms with Gasteiger partial charge < -0.3 is 23.9 Å². The van der Waals surface area contributed by atoms with Crippen LogP contribution in [0.1, 0.15) is 21.6 Å². The summed E-state index contributed by atoms with van der Waals surface area (Å²) in [6.07, 6.45) is 3.85. The minimum absolute atomic E-state index is 0.208. The van der Waals surface area contributed by atoms with Gasteiger partial charge in [-0.2, -0.15) is 0 Å². The number of imidazole rings is 1. The van der Waals surface area contributed by atoms with E-state index in [0.717, 1.165) is 16.9 Å². The van der Waals surface area contributed by atoms with Crippen molar-refractivity contribution in [2.45, 2.75) is 13.2 Å².